The quantitative estimate of drug-likeness (QED) is 0.649. The lowest BCUT2D eigenvalue weighted by atomic mass is 10.1. The smallest absolute Gasteiger partial charge is 0.269 e. The first-order valence-electron chi connectivity index (χ1n) is 6.52. The van der Waals surface area contributed by atoms with Gasteiger partial charge < -0.3 is 9.88 Å². The van der Waals surface area contributed by atoms with Gasteiger partial charge in [-0.3, -0.25) is 10.1 Å². The Balaban J connectivity index is 1.98. The number of hydrogen-bond acceptors (Lipinski definition) is 4. The number of non-ortho nitro benzene ring substituents is 1. The first-order chi connectivity index (χ1) is 9.56. The molecule has 2 aromatic rings. The zero-order valence-electron chi connectivity index (χ0n) is 11.6. The van der Waals surface area contributed by atoms with E-state index in [2.05, 4.69) is 17.2 Å². The van der Waals surface area contributed by atoms with Gasteiger partial charge in [-0.1, -0.05) is 12.1 Å². The van der Waals surface area contributed by atoms with Crippen LogP contribution in [-0.4, -0.2) is 20.5 Å². The van der Waals surface area contributed by atoms with Crippen LogP contribution in [0.2, 0.25) is 0 Å². The Labute approximate surface area is 117 Å². The van der Waals surface area contributed by atoms with Gasteiger partial charge in [0.2, 0.25) is 0 Å². The van der Waals surface area contributed by atoms with E-state index in [1.807, 2.05) is 23.8 Å². The standard InChI is InChI=1S/C14H18N4O2/c1-11(9-17-7-6-15-10-17)16-12(2)13-4-3-5-14(8-13)18(19)20/h3-8,10-12,16H,9H2,1-2H3. The molecule has 0 aliphatic heterocycles. The van der Waals surface area contributed by atoms with E-state index in [0.29, 0.717) is 0 Å². The second-order valence-corrected chi connectivity index (χ2v) is 4.90. The Morgan fingerprint density at radius 3 is 2.90 bits per heavy atom. The third-order valence-electron chi connectivity index (χ3n) is 3.16. The van der Waals surface area contributed by atoms with Gasteiger partial charge in [-0.2, -0.15) is 0 Å². The summed E-state index contributed by atoms with van der Waals surface area (Å²) < 4.78 is 2.00. The van der Waals surface area contributed by atoms with Gasteiger partial charge in [0.05, 0.1) is 11.3 Å². The molecule has 6 heteroatoms. The molecule has 20 heavy (non-hydrogen) atoms. The van der Waals surface area contributed by atoms with Crippen molar-refractivity contribution in [1.82, 2.24) is 14.9 Å². The van der Waals surface area contributed by atoms with Gasteiger partial charge in [0.25, 0.3) is 5.69 Å². The Hall–Kier alpha value is -2.21. The highest BCUT2D eigenvalue weighted by atomic mass is 16.6. The number of nitrogens with zero attached hydrogens (tertiary/aromatic N) is 3. The SMILES string of the molecule is CC(Cn1ccnc1)NC(C)c1cccc([N+](=O)[O-])c1. The molecular weight excluding hydrogens is 256 g/mol. The molecule has 0 aliphatic carbocycles. The molecule has 0 saturated heterocycles. The summed E-state index contributed by atoms with van der Waals surface area (Å²) in [6, 6.07) is 7.01. The Morgan fingerprint density at radius 2 is 2.25 bits per heavy atom. The van der Waals surface area contributed by atoms with Crippen molar-refractivity contribution >= 4 is 5.69 Å². The molecule has 2 rings (SSSR count). The lowest BCUT2D eigenvalue weighted by Crippen LogP contribution is -2.32. The second kappa shape index (κ2) is 6.29. The van der Waals surface area contributed by atoms with Gasteiger partial charge in [-0.15, -0.1) is 0 Å². The molecule has 0 radical (unpaired) electrons. The van der Waals surface area contributed by atoms with Crippen molar-refractivity contribution in [3.8, 4) is 0 Å². The fraction of sp³-hybridized carbons (Fsp3) is 0.357. The molecule has 0 bridgehead atoms. The van der Waals surface area contributed by atoms with Crippen molar-refractivity contribution in [2.75, 3.05) is 0 Å². The van der Waals surface area contributed by atoms with Crippen molar-refractivity contribution in [2.24, 2.45) is 0 Å². The molecule has 1 aromatic carbocycles. The highest BCUT2D eigenvalue weighted by Gasteiger charge is 2.13. The maximum atomic E-state index is 10.8. The highest BCUT2D eigenvalue weighted by Crippen LogP contribution is 2.19. The summed E-state index contributed by atoms with van der Waals surface area (Å²) in [6.07, 6.45) is 5.43. The molecule has 1 heterocycles. The first kappa shape index (κ1) is 14.2. The van der Waals surface area contributed by atoms with Crippen LogP contribution >= 0.6 is 0 Å². The molecule has 6 nitrogen and oxygen atoms in total. The van der Waals surface area contributed by atoms with Crippen LogP contribution in [0.5, 0.6) is 0 Å². The van der Waals surface area contributed by atoms with E-state index in [9.17, 15) is 10.1 Å². The normalized spacial score (nSPS) is 13.9. The molecular formula is C14H18N4O2. The predicted octanol–water partition coefficient (Wildman–Crippen LogP) is 2.53. The minimum Gasteiger partial charge on any atom is -0.336 e. The lowest BCUT2D eigenvalue weighted by Gasteiger charge is -2.20. The molecule has 0 saturated carbocycles. The van der Waals surface area contributed by atoms with Crippen molar-refractivity contribution in [3.63, 3.8) is 0 Å². The monoisotopic (exact) mass is 274 g/mol. The Bertz CT molecular complexity index is 568. The van der Waals surface area contributed by atoms with E-state index in [4.69, 9.17) is 0 Å². The van der Waals surface area contributed by atoms with E-state index in [1.54, 1.807) is 24.7 Å². The van der Waals surface area contributed by atoms with Crippen molar-refractivity contribution < 1.29 is 4.92 Å². The molecule has 0 spiro atoms. The Morgan fingerprint density at radius 1 is 1.45 bits per heavy atom. The number of hydrogen-bond donors (Lipinski definition) is 1. The number of nitro benzene ring substituents is 1. The third-order valence-corrected chi connectivity index (χ3v) is 3.16. The van der Waals surface area contributed by atoms with Gasteiger partial charge >= 0.3 is 0 Å². The largest absolute Gasteiger partial charge is 0.336 e. The fourth-order valence-electron chi connectivity index (χ4n) is 2.19. The van der Waals surface area contributed by atoms with Gasteiger partial charge in [-0.25, -0.2) is 4.98 Å². The molecule has 106 valence electrons. The topological polar surface area (TPSA) is 73.0 Å². The van der Waals surface area contributed by atoms with E-state index in [0.717, 1.165) is 12.1 Å². The summed E-state index contributed by atoms with van der Waals surface area (Å²) in [5.74, 6) is 0. The summed E-state index contributed by atoms with van der Waals surface area (Å²) in [7, 11) is 0. The number of imidazole rings is 1. The molecule has 0 amide bonds. The zero-order valence-corrected chi connectivity index (χ0v) is 11.6. The average Bonchev–Trinajstić information content (AvgIpc) is 2.91. The number of rotatable bonds is 6. The van der Waals surface area contributed by atoms with Gasteiger partial charge in [0.1, 0.15) is 0 Å². The maximum absolute atomic E-state index is 10.8. The molecule has 0 fully saturated rings. The summed E-state index contributed by atoms with van der Waals surface area (Å²) in [6.45, 7) is 4.89. The zero-order chi connectivity index (χ0) is 14.5. The highest BCUT2D eigenvalue weighted by molar-refractivity contribution is 5.35. The average molecular weight is 274 g/mol. The van der Waals surface area contributed by atoms with Crippen LogP contribution in [0, 0.1) is 10.1 Å². The van der Waals surface area contributed by atoms with Crippen LogP contribution in [0.3, 0.4) is 0 Å². The summed E-state index contributed by atoms with van der Waals surface area (Å²) in [4.78, 5) is 14.4. The first-order valence-corrected chi connectivity index (χ1v) is 6.52. The molecule has 1 N–H and O–H groups in total. The minimum atomic E-state index is -0.370. The van der Waals surface area contributed by atoms with Crippen molar-refractivity contribution in [3.05, 3.63) is 58.7 Å². The van der Waals surface area contributed by atoms with Crippen LogP contribution in [0.4, 0.5) is 5.69 Å². The van der Waals surface area contributed by atoms with Crippen LogP contribution in [0.1, 0.15) is 25.5 Å². The summed E-state index contributed by atoms with van der Waals surface area (Å²) in [5, 5.41) is 14.2. The van der Waals surface area contributed by atoms with Crippen LogP contribution < -0.4 is 5.32 Å². The number of aromatic nitrogens is 2. The van der Waals surface area contributed by atoms with Crippen LogP contribution in [0.15, 0.2) is 43.0 Å². The molecule has 0 aliphatic rings. The fourth-order valence-corrected chi connectivity index (χ4v) is 2.19. The second-order valence-electron chi connectivity index (χ2n) is 4.90. The van der Waals surface area contributed by atoms with Gasteiger partial charge in [0, 0.05) is 43.2 Å². The maximum Gasteiger partial charge on any atom is 0.269 e. The van der Waals surface area contributed by atoms with Crippen LogP contribution in [0.25, 0.3) is 0 Å². The van der Waals surface area contributed by atoms with E-state index in [1.165, 1.54) is 6.07 Å². The van der Waals surface area contributed by atoms with Crippen molar-refractivity contribution in [1.29, 1.82) is 0 Å². The number of nitrogens with one attached hydrogen (secondary N) is 1. The Kier molecular flexibility index (Phi) is 4.47. The third kappa shape index (κ3) is 3.64. The van der Waals surface area contributed by atoms with Crippen molar-refractivity contribution in [2.45, 2.75) is 32.5 Å². The molecule has 2 unspecified atom stereocenters. The summed E-state index contributed by atoms with van der Waals surface area (Å²) >= 11 is 0. The predicted molar refractivity (Wildman–Crippen MR) is 76.3 cm³/mol. The van der Waals surface area contributed by atoms with E-state index in [-0.39, 0.29) is 22.7 Å². The lowest BCUT2D eigenvalue weighted by molar-refractivity contribution is -0.384. The van der Waals surface area contributed by atoms with E-state index < -0.39 is 0 Å². The van der Waals surface area contributed by atoms with E-state index >= 15 is 0 Å². The number of nitro groups is 1. The van der Waals surface area contributed by atoms with Gasteiger partial charge in [-0.05, 0) is 19.4 Å². The number of benzene rings is 1. The van der Waals surface area contributed by atoms with Gasteiger partial charge in [0.15, 0.2) is 0 Å². The molecule has 1 aromatic heterocycles. The van der Waals surface area contributed by atoms with Crippen LogP contribution in [-0.2, 0) is 6.54 Å². The summed E-state index contributed by atoms with van der Waals surface area (Å²) in [5.41, 5.74) is 1.04. The minimum absolute atomic E-state index is 0.0495. The molecule has 2 atom stereocenters.